The maximum atomic E-state index is 12.0. The average molecular weight is 326 g/mol. The standard InChI is InChI=1S/C16H14N4O4/c1-23-12-4-2-11(3-5-12)13-6-7-16(22)20(18-13)10-15(21)17-14-8-9-24-19-14/h2-9H,10H2,1H3,(H,17,19,21). The summed E-state index contributed by atoms with van der Waals surface area (Å²) in [6, 6.07) is 11.7. The van der Waals surface area contributed by atoms with Crippen molar-refractivity contribution >= 4 is 11.7 Å². The van der Waals surface area contributed by atoms with Crippen LogP contribution in [0.25, 0.3) is 11.3 Å². The molecule has 0 aliphatic heterocycles. The number of rotatable bonds is 5. The van der Waals surface area contributed by atoms with Gasteiger partial charge in [0.1, 0.15) is 18.6 Å². The Morgan fingerprint density at radius 3 is 2.67 bits per heavy atom. The third-order valence-electron chi connectivity index (χ3n) is 3.25. The number of anilines is 1. The van der Waals surface area contributed by atoms with Gasteiger partial charge in [-0.05, 0) is 30.3 Å². The predicted molar refractivity (Wildman–Crippen MR) is 85.6 cm³/mol. The fraction of sp³-hybridized carbons (Fsp3) is 0.125. The van der Waals surface area contributed by atoms with Crippen molar-refractivity contribution in [3.8, 4) is 17.0 Å². The lowest BCUT2D eigenvalue weighted by atomic mass is 10.1. The molecule has 0 spiro atoms. The Hall–Kier alpha value is -3.42. The first kappa shape index (κ1) is 15.5. The Balaban J connectivity index is 1.80. The van der Waals surface area contributed by atoms with E-state index >= 15 is 0 Å². The second-order valence-electron chi connectivity index (χ2n) is 4.88. The molecule has 1 N–H and O–H groups in total. The molecule has 0 aliphatic rings. The summed E-state index contributed by atoms with van der Waals surface area (Å²) in [4.78, 5) is 23.9. The molecule has 2 aromatic heterocycles. The van der Waals surface area contributed by atoms with E-state index in [1.54, 1.807) is 25.3 Å². The normalized spacial score (nSPS) is 10.4. The van der Waals surface area contributed by atoms with E-state index in [2.05, 4.69) is 20.1 Å². The molecule has 3 aromatic rings. The van der Waals surface area contributed by atoms with E-state index < -0.39 is 5.91 Å². The number of methoxy groups -OCH3 is 1. The van der Waals surface area contributed by atoms with Crippen LogP contribution in [-0.2, 0) is 11.3 Å². The zero-order chi connectivity index (χ0) is 16.9. The summed E-state index contributed by atoms with van der Waals surface area (Å²) in [5.41, 5.74) is 1.01. The van der Waals surface area contributed by atoms with Crippen molar-refractivity contribution in [3.63, 3.8) is 0 Å². The third-order valence-corrected chi connectivity index (χ3v) is 3.25. The van der Waals surface area contributed by atoms with Crippen LogP contribution in [0.5, 0.6) is 5.75 Å². The summed E-state index contributed by atoms with van der Waals surface area (Å²) in [7, 11) is 1.58. The number of aromatic nitrogens is 3. The molecule has 3 rings (SSSR count). The highest BCUT2D eigenvalue weighted by atomic mass is 16.5. The van der Waals surface area contributed by atoms with E-state index in [0.717, 1.165) is 16.0 Å². The topological polar surface area (TPSA) is 99.2 Å². The molecule has 0 atom stereocenters. The second-order valence-corrected chi connectivity index (χ2v) is 4.88. The molecule has 8 heteroatoms. The number of carbonyl (C=O) groups is 1. The van der Waals surface area contributed by atoms with Crippen LogP contribution in [0.15, 0.2) is 58.0 Å². The monoisotopic (exact) mass is 326 g/mol. The number of carbonyl (C=O) groups excluding carboxylic acids is 1. The maximum Gasteiger partial charge on any atom is 0.267 e. The minimum atomic E-state index is -0.426. The maximum absolute atomic E-state index is 12.0. The van der Waals surface area contributed by atoms with Gasteiger partial charge in [-0.1, -0.05) is 5.16 Å². The number of amides is 1. The van der Waals surface area contributed by atoms with Gasteiger partial charge in [-0.2, -0.15) is 5.10 Å². The SMILES string of the molecule is COc1ccc(-c2ccc(=O)n(CC(=O)Nc3ccon3)n2)cc1. The van der Waals surface area contributed by atoms with Crippen LogP contribution >= 0.6 is 0 Å². The molecule has 0 saturated carbocycles. The molecule has 0 saturated heterocycles. The van der Waals surface area contributed by atoms with E-state index in [0.29, 0.717) is 5.69 Å². The second kappa shape index (κ2) is 6.78. The average Bonchev–Trinajstić information content (AvgIpc) is 3.10. The minimum absolute atomic E-state index is 0.226. The van der Waals surface area contributed by atoms with Gasteiger partial charge in [0.2, 0.25) is 5.91 Å². The lowest BCUT2D eigenvalue weighted by Crippen LogP contribution is -2.29. The van der Waals surface area contributed by atoms with Gasteiger partial charge in [0, 0.05) is 17.7 Å². The largest absolute Gasteiger partial charge is 0.497 e. The molecule has 1 aromatic carbocycles. The van der Waals surface area contributed by atoms with Gasteiger partial charge in [-0.15, -0.1) is 0 Å². The van der Waals surface area contributed by atoms with Crippen LogP contribution in [-0.4, -0.2) is 28.0 Å². The van der Waals surface area contributed by atoms with Gasteiger partial charge in [-0.25, -0.2) is 4.68 Å². The van der Waals surface area contributed by atoms with Crippen LogP contribution in [0.3, 0.4) is 0 Å². The van der Waals surface area contributed by atoms with Crippen LogP contribution in [0.1, 0.15) is 0 Å². The smallest absolute Gasteiger partial charge is 0.267 e. The molecule has 8 nitrogen and oxygen atoms in total. The lowest BCUT2D eigenvalue weighted by Gasteiger charge is -2.07. The Morgan fingerprint density at radius 2 is 2.00 bits per heavy atom. The Bertz CT molecular complexity index is 885. The highest BCUT2D eigenvalue weighted by molar-refractivity contribution is 5.89. The first-order valence-electron chi connectivity index (χ1n) is 7.08. The summed E-state index contributed by atoms with van der Waals surface area (Å²) in [5, 5.41) is 10.3. The summed E-state index contributed by atoms with van der Waals surface area (Å²) in [6.07, 6.45) is 1.34. The molecule has 24 heavy (non-hydrogen) atoms. The van der Waals surface area contributed by atoms with E-state index in [4.69, 9.17) is 4.74 Å². The quantitative estimate of drug-likeness (QED) is 0.763. The first-order chi connectivity index (χ1) is 11.7. The molecule has 0 unspecified atom stereocenters. The molecular weight excluding hydrogens is 312 g/mol. The molecule has 0 fully saturated rings. The van der Waals surface area contributed by atoms with E-state index in [1.807, 2.05) is 12.1 Å². The summed E-state index contributed by atoms with van der Waals surface area (Å²) >= 11 is 0. The molecule has 122 valence electrons. The number of hydrogen-bond donors (Lipinski definition) is 1. The number of hydrogen-bond acceptors (Lipinski definition) is 6. The molecule has 0 bridgehead atoms. The highest BCUT2D eigenvalue weighted by Crippen LogP contribution is 2.19. The van der Waals surface area contributed by atoms with Crippen molar-refractivity contribution in [2.45, 2.75) is 6.54 Å². The van der Waals surface area contributed by atoms with Gasteiger partial charge in [0.15, 0.2) is 5.82 Å². The summed E-state index contributed by atoms with van der Waals surface area (Å²) in [5.74, 6) is 0.573. The van der Waals surface area contributed by atoms with Gasteiger partial charge < -0.3 is 14.6 Å². The van der Waals surface area contributed by atoms with Crippen LogP contribution in [0.4, 0.5) is 5.82 Å². The van der Waals surface area contributed by atoms with Crippen molar-refractivity contribution < 1.29 is 14.1 Å². The summed E-state index contributed by atoms with van der Waals surface area (Å²) < 4.78 is 10.8. The van der Waals surface area contributed by atoms with Gasteiger partial charge in [-0.3, -0.25) is 9.59 Å². The van der Waals surface area contributed by atoms with Crippen LogP contribution < -0.4 is 15.6 Å². The molecule has 1 amide bonds. The zero-order valence-corrected chi connectivity index (χ0v) is 12.8. The van der Waals surface area contributed by atoms with E-state index in [9.17, 15) is 9.59 Å². The lowest BCUT2D eigenvalue weighted by molar-refractivity contribution is -0.117. The van der Waals surface area contributed by atoms with Crippen molar-refractivity contribution in [3.05, 3.63) is 59.1 Å². The molecule has 0 aliphatic carbocycles. The Labute approximate surface area is 136 Å². The van der Waals surface area contributed by atoms with Gasteiger partial charge >= 0.3 is 0 Å². The van der Waals surface area contributed by atoms with Crippen LogP contribution in [0.2, 0.25) is 0 Å². The molecular formula is C16H14N4O4. The van der Waals surface area contributed by atoms with Crippen molar-refractivity contribution in [1.29, 1.82) is 0 Å². The van der Waals surface area contributed by atoms with E-state index in [1.165, 1.54) is 18.4 Å². The van der Waals surface area contributed by atoms with E-state index in [-0.39, 0.29) is 17.9 Å². The minimum Gasteiger partial charge on any atom is -0.497 e. The Morgan fingerprint density at radius 1 is 1.21 bits per heavy atom. The first-order valence-corrected chi connectivity index (χ1v) is 7.08. The zero-order valence-electron chi connectivity index (χ0n) is 12.8. The number of ether oxygens (including phenoxy) is 1. The number of nitrogens with one attached hydrogen (secondary N) is 1. The van der Waals surface area contributed by atoms with Crippen molar-refractivity contribution in [2.24, 2.45) is 0 Å². The number of benzene rings is 1. The van der Waals surface area contributed by atoms with Gasteiger partial charge in [0.05, 0.1) is 12.8 Å². The summed E-state index contributed by atoms with van der Waals surface area (Å²) in [6.45, 7) is -0.226. The molecule has 2 heterocycles. The number of nitrogens with zero attached hydrogens (tertiary/aromatic N) is 3. The fourth-order valence-corrected chi connectivity index (χ4v) is 2.07. The van der Waals surface area contributed by atoms with Gasteiger partial charge in [0.25, 0.3) is 5.56 Å². The fourth-order valence-electron chi connectivity index (χ4n) is 2.07. The predicted octanol–water partition coefficient (Wildman–Crippen LogP) is 1.55. The van der Waals surface area contributed by atoms with Crippen molar-refractivity contribution in [2.75, 3.05) is 12.4 Å². The van der Waals surface area contributed by atoms with Crippen LogP contribution in [0, 0.1) is 0 Å². The van der Waals surface area contributed by atoms with Crippen molar-refractivity contribution in [1.82, 2.24) is 14.9 Å². The highest BCUT2D eigenvalue weighted by Gasteiger charge is 2.09. The Kier molecular flexibility index (Phi) is 4.37. The molecule has 0 radical (unpaired) electrons. The third kappa shape index (κ3) is 3.49.